The minimum Gasteiger partial charge on any atom is -0.461 e. The Balaban J connectivity index is 1.86. The van der Waals surface area contributed by atoms with Crippen LogP contribution in [-0.4, -0.2) is 16.7 Å². The molecule has 0 atom stereocenters. The number of nitrogens with zero attached hydrogens (tertiary/aromatic N) is 1. The third-order valence-corrected chi connectivity index (χ3v) is 4.66. The fourth-order valence-electron chi connectivity index (χ4n) is 2.96. The van der Waals surface area contributed by atoms with E-state index in [2.05, 4.69) is 24.1 Å². The third kappa shape index (κ3) is 14.1. The van der Waals surface area contributed by atoms with E-state index in [-0.39, 0.29) is 5.97 Å². The van der Waals surface area contributed by atoms with Crippen LogP contribution in [-0.2, 0) is 20.9 Å². The maximum atomic E-state index is 11.8. The number of ether oxygens (including phenoxy) is 1. The SMILES string of the molecule is CCC/C=C/CCCC(=O)CCCCCCCCC(=O)OCc1cccnc1. The summed E-state index contributed by atoms with van der Waals surface area (Å²) >= 11 is 0. The molecular weight excluding hydrogens is 350 g/mol. The molecule has 0 aliphatic heterocycles. The van der Waals surface area contributed by atoms with E-state index in [1.807, 2.05) is 12.1 Å². The lowest BCUT2D eigenvalue weighted by molar-refractivity contribution is -0.145. The van der Waals surface area contributed by atoms with Crippen molar-refractivity contribution in [2.45, 2.75) is 97.0 Å². The highest BCUT2D eigenvalue weighted by Gasteiger charge is 2.04. The summed E-state index contributed by atoms with van der Waals surface area (Å²) in [6.07, 6.45) is 20.3. The number of pyridine rings is 1. The minimum absolute atomic E-state index is 0.140. The van der Waals surface area contributed by atoms with E-state index in [9.17, 15) is 9.59 Å². The minimum atomic E-state index is -0.140. The molecule has 0 unspecified atom stereocenters. The summed E-state index contributed by atoms with van der Waals surface area (Å²) in [5, 5.41) is 0. The highest BCUT2D eigenvalue weighted by atomic mass is 16.5. The van der Waals surface area contributed by atoms with E-state index in [0.717, 1.165) is 76.2 Å². The number of esters is 1. The van der Waals surface area contributed by atoms with Gasteiger partial charge < -0.3 is 4.74 Å². The molecule has 4 heteroatoms. The van der Waals surface area contributed by atoms with Gasteiger partial charge in [0, 0.05) is 37.2 Å². The van der Waals surface area contributed by atoms with E-state index in [0.29, 0.717) is 18.8 Å². The van der Waals surface area contributed by atoms with Crippen molar-refractivity contribution in [2.75, 3.05) is 0 Å². The van der Waals surface area contributed by atoms with Gasteiger partial charge >= 0.3 is 5.97 Å². The van der Waals surface area contributed by atoms with Gasteiger partial charge in [-0.1, -0.05) is 57.2 Å². The number of hydrogen-bond acceptors (Lipinski definition) is 4. The van der Waals surface area contributed by atoms with Crippen molar-refractivity contribution in [3.63, 3.8) is 0 Å². The van der Waals surface area contributed by atoms with Gasteiger partial charge in [-0.2, -0.15) is 0 Å². The van der Waals surface area contributed by atoms with Crippen LogP contribution in [0, 0.1) is 0 Å². The van der Waals surface area contributed by atoms with Crippen LogP contribution in [0.15, 0.2) is 36.7 Å². The number of hydrogen-bond donors (Lipinski definition) is 0. The highest BCUT2D eigenvalue weighted by Crippen LogP contribution is 2.11. The molecule has 0 aromatic carbocycles. The average molecular weight is 388 g/mol. The van der Waals surface area contributed by atoms with Crippen LogP contribution in [0.25, 0.3) is 0 Å². The van der Waals surface area contributed by atoms with Crippen LogP contribution in [0.5, 0.6) is 0 Å². The first-order valence-corrected chi connectivity index (χ1v) is 10.9. The molecule has 0 saturated carbocycles. The van der Waals surface area contributed by atoms with Gasteiger partial charge in [0.05, 0.1) is 0 Å². The summed E-state index contributed by atoms with van der Waals surface area (Å²) in [5.41, 5.74) is 0.915. The van der Waals surface area contributed by atoms with Gasteiger partial charge in [-0.3, -0.25) is 14.6 Å². The summed E-state index contributed by atoms with van der Waals surface area (Å²) < 4.78 is 5.24. The first kappa shape index (κ1) is 24.1. The molecule has 0 radical (unpaired) electrons. The molecule has 4 nitrogen and oxygen atoms in total. The zero-order chi connectivity index (χ0) is 20.3. The lowest BCUT2D eigenvalue weighted by Crippen LogP contribution is -2.04. The van der Waals surface area contributed by atoms with E-state index >= 15 is 0 Å². The molecule has 1 aromatic heterocycles. The van der Waals surface area contributed by atoms with Crippen molar-refractivity contribution in [3.05, 3.63) is 42.2 Å². The molecule has 0 amide bonds. The molecule has 1 rings (SSSR count). The van der Waals surface area contributed by atoms with Crippen LogP contribution in [0.3, 0.4) is 0 Å². The second kappa shape index (κ2) is 17.2. The third-order valence-electron chi connectivity index (χ3n) is 4.66. The molecule has 0 spiro atoms. The first-order chi connectivity index (χ1) is 13.7. The summed E-state index contributed by atoms with van der Waals surface area (Å²) in [6, 6.07) is 3.73. The molecule has 28 heavy (non-hydrogen) atoms. The predicted octanol–water partition coefficient (Wildman–Crippen LogP) is 6.34. The van der Waals surface area contributed by atoms with E-state index in [4.69, 9.17) is 4.74 Å². The Morgan fingerprint density at radius 2 is 1.61 bits per heavy atom. The Morgan fingerprint density at radius 1 is 0.929 bits per heavy atom. The summed E-state index contributed by atoms with van der Waals surface area (Å²) in [7, 11) is 0. The second-order valence-corrected chi connectivity index (χ2v) is 7.33. The largest absolute Gasteiger partial charge is 0.461 e. The zero-order valence-corrected chi connectivity index (χ0v) is 17.5. The number of unbranched alkanes of at least 4 members (excludes halogenated alkanes) is 7. The smallest absolute Gasteiger partial charge is 0.306 e. The van der Waals surface area contributed by atoms with Crippen molar-refractivity contribution >= 4 is 11.8 Å². The van der Waals surface area contributed by atoms with E-state index < -0.39 is 0 Å². The van der Waals surface area contributed by atoms with Gasteiger partial charge in [-0.15, -0.1) is 0 Å². The number of ketones is 1. The molecule has 156 valence electrons. The van der Waals surface area contributed by atoms with Crippen molar-refractivity contribution in [3.8, 4) is 0 Å². The normalized spacial score (nSPS) is 11.0. The summed E-state index contributed by atoms with van der Waals surface area (Å²) in [4.78, 5) is 27.5. The van der Waals surface area contributed by atoms with E-state index in [1.54, 1.807) is 12.4 Å². The Bertz CT molecular complexity index is 554. The lowest BCUT2D eigenvalue weighted by Gasteiger charge is -2.05. The van der Waals surface area contributed by atoms with Crippen molar-refractivity contribution in [2.24, 2.45) is 0 Å². The number of rotatable bonds is 17. The highest BCUT2D eigenvalue weighted by molar-refractivity contribution is 5.78. The molecule has 0 N–H and O–H groups in total. The predicted molar refractivity (Wildman–Crippen MR) is 114 cm³/mol. The van der Waals surface area contributed by atoms with Crippen molar-refractivity contribution < 1.29 is 14.3 Å². The van der Waals surface area contributed by atoms with Crippen LogP contribution in [0.2, 0.25) is 0 Å². The van der Waals surface area contributed by atoms with Crippen LogP contribution in [0.4, 0.5) is 0 Å². The van der Waals surface area contributed by atoms with Gasteiger partial charge in [-0.25, -0.2) is 0 Å². The molecular formula is C24H37NO3. The summed E-state index contributed by atoms with van der Waals surface area (Å²) in [5.74, 6) is 0.263. The monoisotopic (exact) mass is 387 g/mol. The first-order valence-electron chi connectivity index (χ1n) is 10.9. The molecule has 0 fully saturated rings. The van der Waals surface area contributed by atoms with Gasteiger partial charge in [0.1, 0.15) is 12.4 Å². The van der Waals surface area contributed by atoms with Crippen LogP contribution < -0.4 is 0 Å². The Hall–Kier alpha value is -1.97. The lowest BCUT2D eigenvalue weighted by atomic mass is 10.0. The number of Topliss-reactive ketones (excluding diaryl/α,β-unsaturated/α-hetero) is 1. The maximum Gasteiger partial charge on any atom is 0.306 e. The van der Waals surface area contributed by atoms with Gasteiger partial charge in [0.2, 0.25) is 0 Å². The van der Waals surface area contributed by atoms with Gasteiger partial charge in [0.15, 0.2) is 0 Å². The van der Waals surface area contributed by atoms with Crippen LogP contribution >= 0.6 is 0 Å². The number of carbonyl (C=O) groups is 2. The summed E-state index contributed by atoms with van der Waals surface area (Å²) in [6.45, 7) is 2.48. The molecule has 0 aliphatic carbocycles. The molecule has 1 heterocycles. The van der Waals surface area contributed by atoms with Gasteiger partial charge in [0.25, 0.3) is 0 Å². The quantitative estimate of drug-likeness (QED) is 0.178. The number of aromatic nitrogens is 1. The van der Waals surface area contributed by atoms with Crippen molar-refractivity contribution in [1.29, 1.82) is 0 Å². The molecule has 1 aromatic rings. The Morgan fingerprint density at radius 3 is 2.32 bits per heavy atom. The Kier molecular flexibility index (Phi) is 14.7. The Labute approximate surface area is 170 Å². The number of allylic oxidation sites excluding steroid dienone is 2. The zero-order valence-electron chi connectivity index (χ0n) is 17.5. The molecule has 0 saturated heterocycles. The standard InChI is InChI=1S/C24H37NO3/c1-2-3-4-5-8-11-16-23(26)17-12-9-6-7-10-13-18-24(27)28-21-22-15-14-19-25-20-22/h4-5,14-15,19-20H,2-3,6-13,16-18,21H2,1H3/b5-4+. The molecule has 0 aliphatic rings. The van der Waals surface area contributed by atoms with Gasteiger partial charge in [-0.05, 0) is 38.2 Å². The number of carbonyl (C=O) groups excluding carboxylic acids is 2. The average Bonchev–Trinajstić information content (AvgIpc) is 2.71. The molecule has 0 bridgehead atoms. The topological polar surface area (TPSA) is 56.3 Å². The van der Waals surface area contributed by atoms with Crippen LogP contribution in [0.1, 0.15) is 96.0 Å². The fraction of sp³-hybridized carbons (Fsp3) is 0.625. The second-order valence-electron chi connectivity index (χ2n) is 7.33. The van der Waals surface area contributed by atoms with E-state index in [1.165, 1.54) is 6.42 Å². The van der Waals surface area contributed by atoms with Crippen molar-refractivity contribution in [1.82, 2.24) is 4.98 Å². The maximum absolute atomic E-state index is 11.8. The fourth-order valence-corrected chi connectivity index (χ4v) is 2.96.